The number of carbonyl (C=O) groups is 6. The van der Waals surface area contributed by atoms with Gasteiger partial charge in [0.15, 0.2) is 0 Å². The molecule has 0 aliphatic carbocycles. The Hall–Kier alpha value is -9.21. The lowest BCUT2D eigenvalue weighted by Gasteiger charge is -2.23. The molecule has 5 heterocycles. The van der Waals surface area contributed by atoms with Crippen LogP contribution in [0.4, 0.5) is 25.8 Å². The van der Waals surface area contributed by atoms with Crippen LogP contribution in [0.3, 0.4) is 0 Å². The number of hydrogen-bond donors (Lipinski definition) is 6. The van der Waals surface area contributed by atoms with E-state index in [0.29, 0.717) is 40.8 Å². The van der Waals surface area contributed by atoms with Crippen molar-refractivity contribution >= 4 is 85.1 Å². The number of carbonyl (C=O) groups excluding carboxylic acids is 6. The normalized spacial score (nSPS) is 14.1. The van der Waals surface area contributed by atoms with Gasteiger partial charge in [-0.15, -0.1) is 0 Å². The van der Waals surface area contributed by atoms with Crippen molar-refractivity contribution in [3.63, 3.8) is 0 Å². The van der Waals surface area contributed by atoms with Crippen molar-refractivity contribution in [2.24, 2.45) is 0 Å². The first-order valence-electron chi connectivity index (χ1n) is 27.0. The number of esters is 1. The Morgan fingerprint density at radius 3 is 2.22 bits per heavy atom. The lowest BCUT2D eigenvalue weighted by molar-refractivity contribution is -0.145. The number of nitrogens with zero attached hydrogens (tertiary/aromatic N) is 6. The maximum absolute atomic E-state index is 14.0. The Labute approximate surface area is 497 Å². The minimum absolute atomic E-state index is 0.0190. The van der Waals surface area contributed by atoms with Crippen LogP contribution in [-0.4, -0.2) is 110 Å². The maximum Gasteiger partial charge on any atom is 0.306 e. The second-order valence-electron chi connectivity index (χ2n) is 20.2. The number of nitrogens with two attached hydrogens (primary N) is 2. The summed E-state index contributed by atoms with van der Waals surface area (Å²) in [6.07, 6.45) is 5.77. The van der Waals surface area contributed by atoms with Crippen molar-refractivity contribution in [3.8, 4) is 45.3 Å². The largest absolute Gasteiger partial charge is 0.480 e. The molecule has 1 saturated heterocycles. The van der Waals surface area contributed by atoms with E-state index in [4.69, 9.17) is 20.9 Å². The smallest absolute Gasteiger partial charge is 0.306 e. The number of methoxy groups -OCH3 is 1. The van der Waals surface area contributed by atoms with Gasteiger partial charge in [-0.05, 0) is 127 Å². The van der Waals surface area contributed by atoms with Crippen molar-refractivity contribution in [1.82, 2.24) is 40.8 Å². The number of nitrogens with one attached hydrogen (secondary N) is 4. The van der Waals surface area contributed by atoms with Crippen LogP contribution in [0.2, 0.25) is 0 Å². The average molecular weight is 1190 g/mol. The minimum atomic E-state index is -3.22. The number of rotatable bonds is 24. The molecular weight excluding hydrogens is 1130 g/mol. The van der Waals surface area contributed by atoms with E-state index in [-0.39, 0.29) is 49.4 Å². The monoisotopic (exact) mass is 1190 g/mol. The molecule has 0 spiro atoms. The summed E-state index contributed by atoms with van der Waals surface area (Å²) in [7, 11) is 4.27. The van der Waals surface area contributed by atoms with E-state index in [1.807, 2.05) is 80.6 Å². The summed E-state index contributed by atoms with van der Waals surface area (Å²) >= 11 is 0. The van der Waals surface area contributed by atoms with E-state index in [2.05, 4.69) is 41.2 Å². The number of nitriles is 1. The first-order chi connectivity index (χ1) is 40.8. The van der Waals surface area contributed by atoms with Crippen LogP contribution in [-0.2, 0) is 41.9 Å². The molecule has 0 bridgehead atoms. The van der Waals surface area contributed by atoms with E-state index in [9.17, 15) is 42.8 Å². The summed E-state index contributed by atoms with van der Waals surface area (Å²) in [6, 6.07) is 25.6. The van der Waals surface area contributed by atoms with Crippen LogP contribution in [0.25, 0.3) is 44.3 Å². The second-order valence-corrected chi connectivity index (χ2v) is 22.8. The highest BCUT2D eigenvalue weighted by Gasteiger charge is 2.48. The molecule has 24 heteroatoms. The summed E-state index contributed by atoms with van der Waals surface area (Å²) in [5, 5.41) is 21.0. The number of benzene rings is 3. The highest BCUT2D eigenvalue weighted by atomic mass is 33.1. The zero-order valence-electron chi connectivity index (χ0n) is 46.9. The molecule has 3 aromatic carbocycles. The highest BCUT2D eigenvalue weighted by molar-refractivity contribution is 8.76. The van der Waals surface area contributed by atoms with Crippen molar-refractivity contribution in [2.75, 3.05) is 41.9 Å². The number of hydrogen-bond acceptors (Lipinski definition) is 17. The molecule has 85 heavy (non-hydrogen) atoms. The van der Waals surface area contributed by atoms with Gasteiger partial charge in [-0.3, -0.25) is 43.7 Å². The van der Waals surface area contributed by atoms with Crippen molar-refractivity contribution in [1.29, 1.82) is 5.26 Å². The molecule has 4 aromatic heterocycles. The molecule has 7 aromatic rings. The quantitative estimate of drug-likeness (QED) is 0.0143. The number of aryl methyl sites for hydroxylation is 2. The molecule has 440 valence electrons. The third-order valence-electron chi connectivity index (χ3n) is 13.9. The maximum atomic E-state index is 14.0. The summed E-state index contributed by atoms with van der Waals surface area (Å²) in [6.45, 7) is 4.04. The van der Waals surface area contributed by atoms with E-state index >= 15 is 0 Å². The molecule has 2 unspecified atom stereocenters. The van der Waals surface area contributed by atoms with E-state index in [1.165, 1.54) is 54.0 Å². The van der Waals surface area contributed by atoms with Crippen LogP contribution in [0.15, 0.2) is 116 Å². The lowest BCUT2D eigenvalue weighted by Crippen LogP contribution is -2.48. The Morgan fingerprint density at radius 2 is 1.49 bits per heavy atom. The molecule has 20 nitrogen and oxygen atoms in total. The lowest BCUT2D eigenvalue weighted by atomic mass is 9.98. The Balaban J connectivity index is 0.806. The Kier molecular flexibility index (Phi) is 20.7. The van der Waals surface area contributed by atoms with Gasteiger partial charge in [0.05, 0.1) is 48.9 Å². The topological polar surface area (TPSA) is 300 Å². The number of halogens is 2. The molecule has 3 atom stereocenters. The molecule has 0 saturated carbocycles. The molecular formula is C61H62F2N12O8S2. The fourth-order valence-corrected chi connectivity index (χ4v) is 11.5. The number of amides is 5. The molecule has 8 rings (SSSR count). The first-order valence-corrected chi connectivity index (χ1v) is 29.5. The van der Waals surface area contributed by atoms with Gasteiger partial charge in [-0.1, -0.05) is 45.9 Å². The van der Waals surface area contributed by atoms with Gasteiger partial charge in [0.2, 0.25) is 29.5 Å². The number of pyridine rings is 4. The Morgan fingerprint density at radius 1 is 0.776 bits per heavy atom. The molecule has 1 fully saturated rings. The fraction of sp³-hybridized carbons (Fsp3) is 0.295. The number of anilines is 3. The molecule has 0 radical (unpaired) electrons. The van der Waals surface area contributed by atoms with Gasteiger partial charge in [0.25, 0.3) is 11.8 Å². The average Bonchev–Trinajstić information content (AvgIpc) is 3.16. The van der Waals surface area contributed by atoms with E-state index < -0.39 is 72.5 Å². The summed E-state index contributed by atoms with van der Waals surface area (Å²) in [5.41, 5.74) is 22.6. The second kappa shape index (κ2) is 28.4. The fourth-order valence-electron chi connectivity index (χ4n) is 9.20. The third kappa shape index (κ3) is 16.5. The van der Waals surface area contributed by atoms with Crippen LogP contribution in [0.1, 0.15) is 71.9 Å². The van der Waals surface area contributed by atoms with E-state index in [0.717, 1.165) is 60.3 Å². The van der Waals surface area contributed by atoms with Crippen molar-refractivity contribution in [3.05, 3.63) is 144 Å². The van der Waals surface area contributed by atoms with Gasteiger partial charge in [0, 0.05) is 95.4 Å². The molecule has 8 N–H and O–H groups in total. The molecule has 5 amide bonds. The molecule has 1 aliphatic heterocycles. The first kappa shape index (κ1) is 61.9. The third-order valence-corrected chi connectivity index (χ3v) is 16.4. The SMILES string of the molecule is COc1ncc(-c2ccc3nccc(-c4ccc(COC(=O)CCCSSCC(NC(=O)CCC(=O)NCc5cc(C(=O)NC(C)C(=O)N6CC(F)(F)C[C@H]6C#N)ccn5)C(=O)Nc5ccc(-c6ccc(N)c(C)c6)cc5C)nc4)c3c2)cc1N. The van der Waals surface area contributed by atoms with Crippen LogP contribution < -0.4 is 37.5 Å². The molecule has 1 aliphatic rings. The number of aromatic nitrogens is 4. The van der Waals surface area contributed by atoms with Crippen LogP contribution >= 0.6 is 21.6 Å². The summed E-state index contributed by atoms with van der Waals surface area (Å²) < 4.78 is 38.7. The van der Waals surface area contributed by atoms with Gasteiger partial charge < -0.3 is 47.1 Å². The van der Waals surface area contributed by atoms with Crippen LogP contribution in [0.5, 0.6) is 5.88 Å². The minimum Gasteiger partial charge on any atom is -0.480 e. The highest BCUT2D eigenvalue weighted by Crippen LogP contribution is 2.35. The zero-order chi connectivity index (χ0) is 60.8. The van der Waals surface area contributed by atoms with Gasteiger partial charge in [-0.25, -0.2) is 13.8 Å². The predicted molar refractivity (Wildman–Crippen MR) is 322 cm³/mol. The number of likely N-dealkylation sites (tertiary alicyclic amines) is 1. The zero-order valence-corrected chi connectivity index (χ0v) is 48.6. The predicted octanol–water partition coefficient (Wildman–Crippen LogP) is 8.51. The number of ether oxygens (including phenoxy) is 2. The summed E-state index contributed by atoms with van der Waals surface area (Å²) in [5.74, 6) is -5.70. The van der Waals surface area contributed by atoms with E-state index in [1.54, 1.807) is 36.8 Å². The number of fused-ring (bicyclic) bond motifs is 1. The number of alkyl halides is 2. The van der Waals surface area contributed by atoms with Gasteiger partial charge >= 0.3 is 5.97 Å². The van der Waals surface area contributed by atoms with Crippen molar-refractivity contribution in [2.45, 2.75) is 90.1 Å². The Bertz CT molecular complexity index is 3680. The van der Waals surface area contributed by atoms with Crippen LogP contribution in [0, 0.1) is 25.2 Å². The summed E-state index contributed by atoms with van der Waals surface area (Å²) in [4.78, 5) is 97.5. The number of nitrogen functional groups attached to an aromatic ring is 2. The van der Waals surface area contributed by atoms with Crippen molar-refractivity contribution < 1.29 is 47.0 Å². The van der Waals surface area contributed by atoms with Gasteiger partial charge in [-0.2, -0.15) is 5.26 Å². The standard InChI is InChI=1S/C61H62F2N12O8S2/c1-35-22-38(8-12-49(35)65)39-9-13-51(36(2)23-39)74-58(80)53(73-55(77)16-15-54(76)70-31-45-24-41(17-19-67-45)57(79)72-37(3)60(81)75-34-61(62,63)27-46(75)28-64)33-85-84-21-5-6-56(78)83-32-44-11-7-42(29-69-44)47-18-20-68-52-14-10-40(25-48(47)52)43-26-50(66)59(82-4)71-30-43/h7-14,17-20,22-26,29-30,37,46,53H,5-6,15-16,21,27,31-34,65-66H2,1-4H3,(H,70,76)(H,72,79)(H,73,77)(H,74,80)/t37?,46-,53?/m0/s1. The van der Waals surface area contributed by atoms with Gasteiger partial charge in [0.1, 0.15) is 24.7 Å².